The zero-order valence-corrected chi connectivity index (χ0v) is 12.8. The van der Waals surface area contributed by atoms with Crippen molar-refractivity contribution in [3.63, 3.8) is 0 Å². The molecule has 2 heterocycles. The summed E-state index contributed by atoms with van der Waals surface area (Å²) in [7, 11) is 3.20. The van der Waals surface area contributed by atoms with Gasteiger partial charge in [-0.2, -0.15) is 5.10 Å². The van der Waals surface area contributed by atoms with E-state index in [0.29, 0.717) is 29.7 Å². The Morgan fingerprint density at radius 1 is 1.23 bits per heavy atom. The molecule has 1 aromatic heterocycles. The number of aromatic nitrogens is 3. The lowest BCUT2D eigenvalue weighted by molar-refractivity contribution is 0.291. The van der Waals surface area contributed by atoms with Crippen LogP contribution in [0.4, 0.5) is 0 Å². The number of hydrogen-bond donors (Lipinski definition) is 2. The van der Waals surface area contributed by atoms with E-state index in [1.807, 2.05) is 12.1 Å². The van der Waals surface area contributed by atoms with Gasteiger partial charge in [-0.1, -0.05) is 0 Å². The van der Waals surface area contributed by atoms with E-state index in [4.69, 9.17) is 14.2 Å². The summed E-state index contributed by atoms with van der Waals surface area (Å²) in [4.78, 5) is 4.47. The number of aromatic amines is 1. The topological polar surface area (TPSA) is 81.3 Å². The summed E-state index contributed by atoms with van der Waals surface area (Å²) in [5.41, 5.74) is 0. The second-order valence-electron chi connectivity index (χ2n) is 5.09. The van der Waals surface area contributed by atoms with Gasteiger partial charge in [0.2, 0.25) is 0 Å². The Morgan fingerprint density at radius 3 is 2.82 bits per heavy atom. The van der Waals surface area contributed by atoms with Crippen molar-refractivity contribution in [1.82, 2.24) is 20.5 Å². The maximum absolute atomic E-state index is 5.72. The van der Waals surface area contributed by atoms with Crippen LogP contribution in [-0.4, -0.2) is 35.9 Å². The lowest BCUT2D eigenvalue weighted by Gasteiger charge is -2.10. The van der Waals surface area contributed by atoms with E-state index in [1.54, 1.807) is 20.3 Å². The van der Waals surface area contributed by atoms with Crippen LogP contribution in [0.1, 0.15) is 30.5 Å². The summed E-state index contributed by atoms with van der Waals surface area (Å²) in [6.07, 6.45) is 2.24. The Bertz CT molecular complexity index is 623. The van der Waals surface area contributed by atoms with E-state index in [-0.39, 0.29) is 6.04 Å². The van der Waals surface area contributed by atoms with Crippen molar-refractivity contribution in [1.29, 1.82) is 0 Å². The van der Waals surface area contributed by atoms with Crippen molar-refractivity contribution in [3.05, 3.63) is 29.8 Å². The molecule has 7 heteroatoms. The Hall–Kier alpha value is -2.28. The molecule has 118 valence electrons. The molecular weight excluding hydrogens is 284 g/mol. The molecule has 0 bridgehead atoms. The summed E-state index contributed by atoms with van der Waals surface area (Å²) in [6, 6.07) is 5.68. The van der Waals surface area contributed by atoms with Gasteiger partial charge in [0.1, 0.15) is 12.4 Å². The first-order chi connectivity index (χ1) is 10.8. The molecule has 0 amide bonds. The van der Waals surface area contributed by atoms with Gasteiger partial charge in [0.25, 0.3) is 0 Å². The molecule has 7 nitrogen and oxygen atoms in total. The van der Waals surface area contributed by atoms with E-state index < -0.39 is 0 Å². The maximum Gasteiger partial charge on any atom is 0.167 e. The minimum Gasteiger partial charge on any atom is -0.493 e. The molecule has 3 rings (SSSR count). The van der Waals surface area contributed by atoms with Crippen LogP contribution in [0, 0.1) is 0 Å². The molecule has 1 aliphatic heterocycles. The van der Waals surface area contributed by atoms with Gasteiger partial charge in [0, 0.05) is 6.07 Å². The number of nitrogens with one attached hydrogen (secondary N) is 2. The van der Waals surface area contributed by atoms with Gasteiger partial charge in [-0.05, 0) is 31.5 Å². The first kappa shape index (κ1) is 14.6. The highest BCUT2D eigenvalue weighted by Crippen LogP contribution is 2.31. The fourth-order valence-corrected chi connectivity index (χ4v) is 2.49. The third-order valence-electron chi connectivity index (χ3n) is 3.65. The molecule has 1 fully saturated rings. The Kier molecular flexibility index (Phi) is 4.43. The van der Waals surface area contributed by atoms with Gasteiger partial charge in [-0.15, -0.1) is 0 Å². The van der Waals surface area contributed by atoms with Crippen LogP contribution >= 0.6 is 0 Å². The van der Waals surface area contributed by atoms with Crippen LogP contribution in [0.25, 0.3) is 0 Å². The molecule has 1 aromatic carbocycles. The van der Waals surface area contributed by atoms with Gasteiger partial charge in [-0.3, -0.25) is 5.10 Å². The van der Waals surface area contributed by atoms with E-state index in [1.165, 1.54) is 0 Å². The predicted octanol–water partition coefficient (Wildman–Crippen LogP) is 1.83. The number of methoxy groups -OCH3 is 2. The smallest absolute Gasteiger partial charge is 0.167 e. The van der Waals surface area contributed by atoms with E-state index in [0.717, 1.165) is 25.2 Å². The van der Waals surface area contributed by atoms with Crippen molar-refractivity contribution in [2.75, 3.05) is 20.8 Å². The molecule has 1 atom stereocenters. The second-order valence-corrected chi connectivity index (χ2v) is 5.09. The molecule has 2 aromatic rings. The van der Waals surface area contributed by atoms with Crippen LogP contribution in [-0.2, 0) is 6.61 Å². The number of ether oxygens (including phenoxy) is 3. The highest BCUT2D eigenvalue weighted by Gasteiger charge is 2.20. The molecule has 22 heavy (non-hydrogen) atoms. The summed E-state index contributed by atoms with van der Waals surface area (Å²) in [6.45, 7) is 1.35. The monoisotopic (exact) mass is 304 g/mol. The first-order valence-electron chi connectivity index (χ1n) is 7.29. The number of benzene rings is 1. The largest absolute Gasteiger partial charge is 0.493 e. The van der Waals surface area contributed by atoms with E-state index in [2.05, 4.69) is 20.5 Å². The minimum absolute atomic E-state index is 0.256. The Balaban J connectivity index is 1.62. The molecule has 1 aliphatic rings. The molecule has 2 N–H and O–H groups in total. The van der Waals surface area contributed by atoms with Gasteiger partial charge < -0.3 is 19.5 Å². The van der Waals surface area contributed by atoms with Gasteiger partial charge in [-0.25, -0.2) is 4.98 Å². The normalized spacial score (nSPS) is 17.5. The van der Waals surface area contributed by atoms with Crippen LogP contribution in [0.3, 0.4) is 0 Å². The molecule has 1 saturated heterocycles. The van der Waals surface area contributed by atoms with Gasteiger partial charge in [0.05, 0.1) is 20.3 Å². The SMILES string of the molecule is COc1ccc(OCc2nc(C3CCCN3)n[nH]2)cc1OC. The summed E-state index contributed by atoms with van der Waals surface area (Å²) in [5, 5.41) is 10.5. The Labute approximate surface area is 129 Å². The van der Waals surface area contributed by atoms with Crippen molar-refractivity contribution >= 4 is 0 Å². The van der Waals surface area contributed by atoms with Gasteiger partial charge in [0.15, 0.2) is 23.1 Å². The average Bonchev–Trinajstić information content (AvgIpc) is 3.23. The van der Waals surface area contributed by atoms with E-state index >= 15 is 0 Å². The van der Waals surface area contributed by atoms with Crippen molar-refractivity contribution in [2.24, 2.45) is 0 Å². The van der Waals surface area contributed by atoms with Crippen molar-refractivity contribution in [2.45, 2.75) is 25.5 Å². The minimum atomic E-state index is 0.256. The summed E-state index contributed by atoms with van der Waals surface area (Å²) >= 11 is 0. The van der Waals surface area contributed by atoms with Crippen molar-refractivity contribution in [3.8, 4) is 17.2 Å². The zero-order valence-electron chi connectivity index (χ0n) is 12.8. The quantitative estimate of drug-likeness (QED) is 0.847. The number of hydrogen-bond acceptors (Lipinski definition) is 6. The molecular formula is C15H20N4O3. The molecule has 0 radical (unpaired) electrons. The molecule has 0 saturated carbocycles. The third kappa shape index (κ3) is 3.14. The average molecular weight is 304 g/mol. The highest BCUT2D eigenvalue weighted by atomic mass is 16.5. The standard InChI is InChI=1S/C15H20N4O3/c1-20-12-6-5-10(8-13(12)21-2)22-9-14-17-15(19-18-14)11-4-3-7-16-11/h5-6,8,11,16H,3-4,7,9H2,1-2H3,(H,17,18,19). The third-order valence-corrected chi connectivity index (χ3v) is 3.65. The highest BCUT2D eigenvalue weighted by molar-refractivity contribution is 5.45. The molecule has 0 spiro atoms. The molecule has 1 unspecified atom stereocenters. The predicted molar refractivity (Wildman–Crippen MR) is 80.2 cm³/mol. The fourth-order valence-electron chi connectivity index (χ4n) is 2.49. The first-order valence-corrected chi connectivity index (χ1v) is 7.29. The lowest BCUT2D eigenvalue weighted by Crippen LogP contribution is -2.14. The fraction of sp³-hybridized carbons (Fsp3) is 0.467. The lowest BCUT2D eigenvalue weighted by atomic mass is 10.2. The van der Waals surface area contributed by atoms with Crippen LogP contribution in [0.5, 0.6) is 17.2 Å². The number of rotatable bonds is 6. The maximum atomic E-state index is 5.72. The molecule has 0 aliphatic carbocycles. The second kappa shape index (κ2) is 6.65. The van der Waals surface area contributed by atoms with Crippen LogP contribution in [0.15, 0.2) is 18.2 Å². The van der Waals surface area contributed by atoms with Crippen LogP contribution < -0.4 is 19.5 Å². The summed E-state index contributed by atoms with van der Waals surface area (Å²) < 4.78 is 16.2. The van der Waals surface area contributed by atoms with Crippen molar-refractivity contribution < 1.29 is 14.2 Å². The summed E-state index contributed by atoms with van der Waals surface area (Å²) in [5.74, 6) is 3.51. The Morgan fingerprint density at radius 2 is 2.09 bits per heavy atom. The number of nitrogens with zero attached hydrogens (tertiary/aromatic N) is 2. The van der Waals surface area contributed by atoms with Crippen LogP contribution in [0.2, 0.25) is 0 Å². The zero-order chi connectivity index (χ0) is 15.4. The van der Waals surface area contributed by atoms with E-state index in [9.17, 15) is 0 Å². The number of H-pyrrole nitrogens is 1. The van der Waals surface area contributed by atoms with Gasteiger partial charge >= 0.3 is 0 Å².